The summed E-state index contributed by atoms with van der Waals surface area (Å²) >= 11 is 0. The quantitative estimate of drug-likeness (QED) is 0.797. The first-order chi connectivity index (χ1) is 12.5. The average molecular weight is 385 g/mol. The first kappa shape index (κ1) is 20.3. The third-order valence-electron chi connectivity index (χ3n) is 3.91. The zero-order valence-electron chi connectivity index (χ0n) is 14.8. The Morgan fingerprint density at radius 3 is 2.52 bits per heavy atom. The van der Waals surface area contributed by atoms with E-state index in [4.69, 9.17) is 9.84 Å². The lowest BCUT2D eigenvalue weighted by Crippen LogP contribution is -2.38. The van der Waals surface area contributed by atoms with Crippen molar-refractivity contribution >= 4 is 11.9 Å². The summed E-state index contributed by atoms with van der Waals surface area (Å²) in [6.45, 7) is 2.29. The second kappa shape index (κ2) is 7.68. The van der Waals surface area contributed by atoms with Crippen LogP contribution < -0.4 is 10.1 Å². The summed E-state index contributed by atoms with van der Waals surface area (Å²) < 4.78 is 47.1. The van der Waals surface area contributed by atoms with E-state index < -0.39 is 30.7 Å². The molecule has 2 N–H and O–H groups in total. The number of amides is 1. The molecule has 0 spiro atoms. The number of carboxylic acids is 1. The van der Waals surface area contributed by atoms with Gasteiger partial charge >= 0.3 is 12.1 Å². The number of benzene rings is 1. The highest BCUT2D eigenvalue weighted by Crippen LogP contribution is 2.36. The number of hydrogen-bond acceptors (Lipinski definition) is 4. The van der Waals surface area contributed by atoms with Crippen LogP contribution >= 0.6 is 0 Å². The molecule has 1 aromatic carbocycles. The number of halogens is 3. The van der Waals surface area contributed by atoms with Gasteiger partial charge in [0.2, 0.25) is 0 Å². The number of aromatic nitrogens is 2. The summed E-state index contributed by atoms with van der Waals surface area (Å²) in [6, 6.07) is 3.03. The van der Waals surface area contributed by atoms with E-state index in [1.807, 2.05) is 5.32 Å². The zero-order chi connectivity index (χ0) is 20.4. The highest BCUT2D eigenvalue weighted by atomic mass is 19.4. The summed E-state index contributed by atoms with van der Waals surface area (Å²) in [6.07, 6.45) is -4.73. The number of aryl methyl sites for hydroxylation is 2. The van der Waals surface area contributed by atoms with E-state index in [2.05, 4.69) is 5.10 Å². The monoisotopic (exact) mass is 385 g/mol. The van der Waals surface area contributed by atoms with Gasteiger partial charge in [0.05, 0.1) is 5.69 Å². The first-order valence-electron chi connectivity index (χ1n) is 7.83. The van der Waals surface area contributed by atoms with E-state index in [0.29, 0.717) is 0 Å². The van der Waals surface area contributed by atoms with E-state index in [-0.39, 0.29) is 28.3 Å². The molecule has 10 heteroatoms. The number of nitrogens with one attached hydrogen (secondary N) is 1. The van der Waals surface area contributed by atoms with Crippen LogP contribution in [0.5, 0.6) is 5.75 Å². The Bertz CT molecular complexity index is 862. The minimum Gasteiger partial charge on any atom is -0.482 e. The Kier molecular flexibility index (Phi) is 5.77. The van der Waals surface area contributed by atoms with Crippen molar-refractivity contribution in [2.45, 2.75) is 26.1 Å². The summed E-state index contributed by atoms with van der Waals surface area (Å²) in [5, 5.41) is 14.6. The van der Waals surface area contributed by atoms with Gasteiger partial charge in [0.15, 0.2) is 12.6 Å². The molecule has 1 atom stereocenters. The largest absolute Gasteiger partial charge is 0.482 e. The highest BCUT2D eigenvalue weighted by molar-refractivity contribution is 5.95. The molecule has 0 saturated carbocycles. The van der Waals surface area contributed by atoms with Crippen LogP contribution in [0.4, 0.5) is 13.2 Å². The van der Waals surface area contributed by atoms with Crippen LogP contribution in [-0.2, 0) is 11.8 Å². The molecule has 0 aliphatic carbocycles. The van der Waals surface area contributed by atoms with Crippen LogP contribution in [0.3, 0.4) is 0 Å². The number of carboxylic acid groups (broad SMARTS) is 1. The number of carbonyl (C=O) groups is 2. The smallest absolute Gasteiger partial charge is 0.413 e. The molecule has 1 heterocycles. The van der Waals surface area contributed by atoms with Crippen molar-refractivity contribution in [3.8, 4) is 5.75 Å². The molecule has 0 bridgehead atoms. The normalized spacial score (nSPS) is 12.5. The van der Waals surface area contributed by atoms with Crippen molar-refractivity contribution < 1.29 is 32.6 Å². The fraction of sp³-hybridized carbons (Fsp3) is 0.353. The van der Waals surface area contributed by atoms with Crippen LogP contribution in [0, 0.1) is 13.8 Å². The topological polar surface area (TPSA) is 93.5 Å². The van der Waals surface area contributed by atoms with Gasteiger partial charge in [0.1, 0.15) is 5.75 Å². The van der Waals surface area contributed by atoms with Gasteiger partial charge in [-0.2, -0.15) is 18.3 Å². The molecule has 0 fully saturated rings. The molecule has 7 nitrogen and oxygen atoms in total. The van der Waals surface area contributed by atoms with Crippen molar-refractivity contribution in [1.29, 1.82) is 0 Å². The molecule has 27 heavy (non-hydrogen) atoms. The Morgan fingerprint density at radius 2 is 2.00 bits per heavy atom. The SMILES string of the molecule is Cc1nn(C)c(C)c1C(NC(=O)c1cccc(OCC(=O)O)c1)C(F)(F)F. The van der Waals surface area contributed by atoms with Gasteiger partial charge in [0.25, 0.3) is 5.91 Å². The maximum absolute atomic E-state index is 13.6. The predicted octanol–water partition coefficient (Wildman–Crippen LogP) is 2.53. The molecule has 1 aromatic heterocycles. The molecular weight excluding hydrogens is 367 g/mol. The molecule has 0 saturated heterocycles. The Labute approximate surface area is 152 Å². The summed E-state index contributed by atoms with van der Waals surface area (Å²) in [5.74, 6) is -2.13. The minimum atomic E-state index is -4.73. The van der Waals surface area contributed by atoms with E-state index in [1.165, 1.54) is 49.8 Å². The van der Waals surface area contributed by atoms with Crippen LogP contribution in [0.25, 0.3) is 0 Å². The van der Waals surface area contributed by atoms with Crippen LogP contribution in [0.1, 0.15) is 33.4 Å². The van der Waals surface area contributed by atoms with Crippen molar-refractivity contribution in [2.24, 2.45) is 7.05 Å². The van der Waals surface area contributed by atoms with Gasteiger partial charge in [-0.3, -0.25) is 9.48 Å². The third kappa shape index (κ3) is 4.78. The van der Waals surface area contributed by atoms with Crippen LogP contribution in [0.2, 0.25) is 0 Å². The van der Waals surface area contributed by atoms with Crippen LogP contribution in [0.15, 0.2) is 24.3 Å². The number of aliphatic carboxylic acids is 1. The minimum absolute atomic E-state index is 0.0577. The maximum Gasteiger partial charge on any atom is 0.413 e. The van der Waals surface area contributed by atoms with E-state index in [0.717, 1.165) is 0 Å². The molecule has 0 radical (unpaired) electrons. The fourth-order valence-corrected chi connectivity index (χ4v) is 2.61. The Hall–Kier alpha value is -3.04. The Balaban J connectivity index is 2.30. The van der Waals surface area contributed by atoms with Gasteiger partial charge in [-0.15, -0.1) is 0 Å². The fourth-order valence-electron chi connectivity index (χ4n) is 2.61. The number of alkyl halides is 3. The second-order valence-electron chi connectivity index (χ2n) is 5.87. The summed E-state index contributed by atoms with van der Waals surface area (Å²) in [5.41, 5.74) is 0.243. The summed E-state index contributed by atoms with van der Waals surface area (Å²) in [4.78, 5) is 22.9. The van der Waals surface area contributed by atoms with Crippen molar-refractivity contribution in [3.63, 3.8) is 0 Å². The standard InChI is InChI=1S/C17H18F3N3O4/c1-9-14(10(2)23(3)22-9)15(17(18,19)20)21-16(26)11-5-4-6-12(7-11)27-8-13(24)25/h4-7,15H,8H2,1-3H3,(H,21,26)(H,24,25). The van der Waals surface area contributed by atoms with E-state index in [9.17, 15) is 22.8 Å². The highest BCUT2D eigenvalue weighted by Gasteiger charge is 2.44. The third-order valence-corrected chi connectivity index (χ3v) is 3.91. The molecule has 1 amide bonds. The van der Waals surface area contributed by atoms with E-state index >= 15 is 0 Å². The second-order valence-corrected chi connectivity index (χ2v) is 5.87. The average Bonchev–Trinajstić information content (AvgIpc) is 2.82. The van der Waals surface area contributed by atoms with Gasteiger partial charge in [-0.25, -0.2) is 4.79 Å². The number of carbonyl (C=O) groups excluding carboxylic acids is 1. The molecule has 0 aliphatic heterocycles. The number of ether oxygens (including phenoxy) is 1. The lowest BCUT2D eigenvalue weighted by Gasteiger charge is -2.22. The molecule has 2 aromatic rings. The zero-order valence-corrected chi connectivity index (χ0v) is 14.8. The van der Waals surface area contributed by atoms with E-state index in [1.54, 1.807) is 0 Å². The van der Waals surface area contributed by atoms with Gasteiger partial charge in [-0.05, 0) is 32.0 Å². The molecule has 1 unspecified atom stereocenters. The molecule has 146 valence electrons. The maximum atomic E-state index is 13.6. The number of rotatable bonds is 6. The lowest BCUT2D eigenvalue weighted by atomic mass is 10.0. The van der Waals surface area contributed by atoms with Crippen molar-refractivity contribution in [3.05, 3.63) is 46.8 Å². The first-order valence-corrected chi connectivity index (χ1v) is 7.83. The van der Waals surface area contributed by atoms with Gasteiger partial charge in [0, 0.05) is 23.9 Å². The van der Waals surface area contributed by atoms with Crippen molar-refractivity contribution in [2.75, 3.05) is 6.61 Å². The lowest BCUT2D eigenvalue weighted by molar-refractivity contribution is -0.155. The summed E-state index contributed by atoms with van der Waals surface area (Å²) in [7, 11) is 1.52. The molecular formula is C17H18F3N3O4. The number of hydrogen-bond donors (Lipinski definition) is 2. The van der Waals surface area contributed by atoms with Crippen LogP contribution in [-0.4, -0.2) is 39.5 Å². The van der Waals surface area contributed by atoms with Gasteiger partial charge in [-0.1, -0.05) is 6.07 Å². The van der Waals surface area contributed by atoms with Crippen molar-refractivity contribution in [1.82, 2.24) is 15.1 Å². The molecule has 2 rings (SSSR count). The number of nitrogens with zero attached hydrogens (tertiary/aromatic N) is 2. The molecule has 0 aliphatic rings. The Morgan fingerprint density at radius 1 is 1.33 bits per heavy atom. The predicted molar refractivity (Wildman–Crippen MR) is 88.5 cm³/mol. The van der Waals surface area contributed by atoms with Gasteiger partial charge < -0.3 is 15.2 Å².